The third kappa shape index (κ3) is 5.43. The molecule has 1 N–H and O–H groups in total. The zero-order valence-corrected chi connectivity index (χ0v) is 20.5. The Morgan fingerprint density at radius 2 is 1.86 bits per heavy atom. The van der Waals surface area contributed by atoms with Crippen molar-refractivity contribution in [3.63, 3.8) is 0 Å². The van der Waals surface area contributed by atoms with E-state index in [1.807, 2.05) is 49.4 Å². The number of ether oxygens (including phenoxy) is 1. The molecular formula is C29H34N2O4. The fourth-order valence-corrected chi connectivity index (χ4v) is 5.39. The number of likely N-dealkylation sites (tertiary alicyclic amines) is 1. The van der Waals surface area contributed by atoms with Gasteiger partial charge < -0.3 is 19.4 Å². The van der Waals surface area contributed by atoms with Crippen molar-refractivity contribution in [1.82, 2.24) is 10.2 Å². The van der Waals surface area contributed by atoms with Gasteiger partial charge in [-0.1, -0.05) is 18.2 Å². The molecule has 184 valence electrons. The predicted octanol–water partition coefficient (Wildman–Crippen LogP) is 4.64. The van der Waals surface area contributed by atoms with Gasteiger partial charge in [0.25, 0.3) is 5.91 Å². The maximum Gasteiger partial charge on any atom is 0.339 e. The first-order chi connectivity index (χ1) is 17.1. The summed E-state index contributed by atoms with van der Waals surface area (Å²) in [5.41, 5.74) is 4.23. The zero-order chi connectivity index (χ0) is 24.2. The van der Waals surface area contributed by atoms with Gasteiger partial charge in [-0.25, -0.2) is 4.79 Å². The van der Waals surface area contributed by atoms with Gasteiger partial charge in [0.1, 0.15) is 11.3 Å². The van der Waals surface area contributed by atoms with Gasteiger partial charge in [-0.05, 0) is 81.2 Å². The van der Waals surface area contributed by atoms with E-state index in [0.29, 0.717) is 12.2 Å². The van der Waals surface area contributed by atoms with Gasteiger partial charge in [-0.2, -0.15) is 0 Å². The first-order valence-electron chi connectivity index (χ1n) is 12.9. The molecule has 0 unspecified atom stereocenters. The highest BCUT2D eigenvalue weighted by molar-refractivity contribution is 5.95. The molecule has 1 aliphatic heterocycles. The van der Waals surface area contributed by atoms with Crippen LogP contribution in [0.15, 0.2) is 51.7 Å². The SMILES string of the molecule is Cc1ccccc1C(=O)NC1CCN(CCCOc2ccc3c4c(c(=O)oc3c2)CCCC4)CC1. The van der Waals surface area contributed by atoms with Crippen LogP contribution >= 0.6 is 0 Å². The number of rotatable bonds is 7. The van der Waals surface area contributed by atoms with Crippen LogP contribution in [0, 0.1) is 6.92 Å². The third-order valence-corrected chi connectivity index (χ3v) is 7.39. The predicted molar refractivity (Wildman–Crippen MR) is 137 cm³/mol. The van der Waals surface area contributed by atoms with E-state index in [9.17, 15) is 9.59 Å². The molecule has 0 saturated carbocycles. The van der Waals surface area contributed by atoms with Gasteiger partial charge in [0, 0.05) is 48.3 Å². The van der Waals surface area contributed by atoms with E-state index in [-0.39, 0.29) is 17.6 Å². The molecule has 1 aliphatic carbocycles. The number of carbonyl (C=O) groups excluding carboxylic acids is 1. The highest BCUT2D eigenvalue weighted by Crippen LogP contribution is 2.29. The number of benzene rings is 2. The Morgan fingerprint density at radius 3 is 2.66 bits per heavy atom. The van der Waals surface area contributed by atoms with Crippen molar-refractivity contribution in [2.24, 2.45) is 0 Å². The fraction of sp³-hybridized carbons (Fsp3) is 0.448. The number of nitrogens with one attached hydrogen (secondary N) is 1. The minimum absolute atomic E-state index is 0.0293. The molecule has 1 saturated heterocycles. The molecule has 3 aromatic rings. The summed E-state index contributed by atoms with van der Waals surface area (Å²) >= 11 is 0. The molecule has 2 aromatic carbocycles. The number of nitrogens with zero attached hydrogens (tertiary/aromatic N) is 1. The average molecular weight is 475 g/mol. The van der Waals surface area contributed by atoms with Crippen LogP contribution in [-0.4, -0.2) is 43.1 Å². The van der Waals surface area contributed by atoms with Crippen molar-refractivity contribution in [2.45, 2.75) is 57.9 Å². The Balaban J connectivity index is 1.07. The van der Waals surface area contributed by atoms with Gasteiger partial charge in [0.15, 0.2) is 0 Å². The summed E-state index contributed by atoms with van der Waals surface area (Å²) in [4.78, 5) is 27.4. The van der Waals surface area contributed by atoms with Crippen LogP contribution in [-0.2, 0) is 12.8 Å². The summed E-state index contributed by atoms with van der Waals surface area (Å²) in [6.45, 7) is 5.51. The van der Waals surface area contributed by atoms with E-state index in [1.165, 1.54) is 0 Å². The highest BCUT2D eigenvalue weighted by atomic mass is 16.5. The molecule has 35 heavy (non-hydrogen) atoms. The topological polar surface area (TPSA) is 71.8 Å². The molecule has 6 heteroatoms. The van der Waals surface area contributed by atoms with Gasteiger partial charge >= 0.3 is 5.63 Å². The first-order valence-corrected chi connectivity index (χ1v) is 12.9. The summed E-state index contributed by atoms with van der Waals surface area (Å²) in [5.74, 6) is 0.774. The van der Waals surface area contributed by atoms with Gasteiger partial charge in [0.05, 0.1) is 6.61 Å². The lowest BCUT2D eigenvalue weighted by Gasteiger charge is -2.32. The molecule has 5 rings (SSSR count). The summed E-state index contributed by atoms with van der Waals surface area (Å²) in [7, 11) is 0. The Morgan fingerprint density at radius 1 is 1.09 bits per heavy atom. The minimum Gasteiger partial charge on any atom is -0.493 e. The lowest BCUT2D eigenvalue weighted by atomic mass is 9.91. The second-order valence-electron chi connectivity index (χ2n) is 9.82. The van der Waals surface area contributed by atoms with Crippen molar-refractivity contribution < 1.29 is 13.9 Å². The van der Waals surface area contributed by atoms with Crippen LogP contribution in [0.2, 0.25) is 0 Å². The maximum absolute atomic E-state index is 12.6. The molecule has 0 bridgehead atoms. The summed E-state index contributed by atoms with van der Waals surface area (Å²) in [5, 5.41) is 4.25. The third-order valence-electron chi connectivity index (χ3n) is 7.39. The lowest BCUT2D eigenvalue weighted by molar-refractivity contribution is 0.0909. The van der Waals surface area contributed by atoms with E-state index in [2.05, 4.69) is 10.2 Å². The monoisotopic (exact) mass is 474 g/mol. The summed E-state index contributed by atoms with van der Waals surface area (Å²) in [6, 6.07) is 13.8. The Labute approximate surface area is 206 Å². The van der Waals surface area contributed by atoms with Crippen molar-refractivity contribution in [1.29, 1.82) is 0 Å². The second-order valence-corrected chi connectivity index (χ2v) is 9.82. The van der Waals surface area contributed by atoms with Gasteiger partial charge in [0.2, 0.25) is 0 Å². The van der Waals surface area contributed by atoms with Crippen molar-refractivity contribution in [2.75, 3.05) is 26.2 Å². The molecule has 1 amide bonds. The number of carbonyl (C=O) groups is 1. The molecule has 6 nitrogen and oxygen atoms in total. The second kappa shape index (κ2) is 10.6. The van der Waals surface area contributed by atoms with Crippen LogP contribution in [0.1, 0.15) is 59.2 Å². The maximum atomic E-state index is 12.6. The molecular weight excluding hydrogens is 440 g/mol. The Kier molecular flexibility index (Phi) is 7.19. The molecule has 1 aromatic heterocycles. The Bertz CT molecular complexity index is 1260. The highest BCUT2D eigenvalue weighted by Gasteiger charge is 2.22. The van der Waals surface area contributed by atoms with Crippen molar-refractivity contribution in [3.05, 3.63) is 75.1 Å². The van der Waals surface area contributed by atoms with E-state index in [0.717, 1.165) is 98.0 Å². The molecule has 1 fully saturated rings. The number of hydrogen-bond donors (Lipinski definition) is 1. The summed E-state index contributed by atoms with van der Waals surface area (Å²) in [6.07, 6.45) is 6.81. The van der Waals surface area contributed by atoms with E-state index in [1.54, 1.807) is 0 Å². The first kappa shape index (κ1) is 23.6. The number of hydrogen-bond acceptors (Lipinski definition) is 5. The fourth-order valence-electron chi connectivity index (χ4n) is 5.39. The largest absolute Gasteiger partial charge is 0.493 e. The standard InChI is InChI=1S/C29H34N2O4/c1-20-7-2-3-8-23(20)28(32)30-21-13-16-31(17-14-21)15-6-18-34-22-11-12-25-24-9-4-5-10-26(24)29(33)35-27(25)19-22/h2-3,7-8,11-12,19,21H,4-6,9-10,13-18H2,1H3,(H,30,32). The molecule has 0 spiro atoms. The number of amides is 1. The van der Waals surface area contributed by atoms with Crippen molar-refractivity contribution >= 4 is 16.9 Å². The minimum atomic E-state index is -0.192. The smallest absolute Gasteiger partial charge is 0.339 e. The Hall–Kier alpha value is -3.12. The van der Waals surface area contributed by atoms with Crippen LogP contribution in [0.3, 0.4) is 0 Å². The van der Waals surface area contributed by atoms with E-state index >= 15 is 0 Å². The van der Waals surface area contributed by atoms with E-state index in [4.69, 9.17) is 9.15 Å². The number of aryl methyl sites for hydroxylation is 2. The van der Waals surface area contributed by atoms with Gasteiger partial charge in [-0.15, -0.1) is 0 Å². The van der Waals surface area contributed by atoms with Crippen LogP contribution in [0.25, 0.3) is 11.0 Å². The number of piperidine rings is 1. The lowest BCUT2D eigenvalue weighted by Crippen LogP contribution is -2.45. The molecule has 2 aliphatic rings. The van der Waals surface area contributed by atoms with Crippen LogP contribution in [0.4, 0.5) is 0 Å². The van der Waals surface area contributed by atoms with Crippen LogP contribution in [0.5, 0.6) is 5.75 Å². The molecule has 0 radical (unpaired) electrons. The number of fused-ring (bicyclic) bond motifs is 3. The quantitative estimate of drug-likeness (QED) is 0.399. The van der Waals surface area contributed by atoms with Gasteiger partial charge in [-0.3, -0.25) is 4.79 Å². The van der Waals surface area contributed by atoms with E-state index < -0.39 is 0 Å². The van der Waals surface area contributed by atoms with Crippen molar-refractivity contribution in [3.8, 4) is 5.75 Å². The van der Waals surface area contributed by atoms with Crippen LogP contribution < -0.4 is 15.7 Å². The molecule has 2 heterocycles. The average Bonchev–Trinajstić information content (AvgIpc) is 2.88. The zero-order valence-electron chi connectivity index (χ0n) is 20.5. The normalized spacial score (nSPS) is 16.7. The molecule has 0 atom stereocenters. The summed E-state index contributed by atoms with van der Waals surface area (Å²) < 4.78 is 11.6.